The number of methoxy groups -OCH3 is 1. The Bertz CT molecular complexity index is 674. The summed E-state index contributed by atoms with van der Waals surface area (Å²) in [5, 5.41) is 9.37. The van der Waals surface area contributed by atoms with Gasteiger partial charge in [0.05, 0.1) is 24.7 Å². The number of ether oxygens (including phenoxy) is 2. The van der Waals surface area contributed by atoms with E-state index in [1.165, 1.54) is 6.20 Å². The van der Waals surface area contributed by atoms with Crippen LogP contribution in [0.5, 0.6) is 5.75 Å². The number of hydrogen-bond acceptors (Lipinski definition) is 5. The zero-order chi connectivity index (χ0) is 16.3. The van der Waals surface area contributed by atoms with Crippen molar-refractivity contribution in [2.45, 2.75) is 26.4 Å². The first-order chi connectivity index (χ1) is 10.3. The maximum Gasteiger partial charge on any atom is 0.412 e. The molecule has 22 heavy (non-hydrogen) atoms. The van der Waals surface area contributed by atoms with Crippen molar-refractivity contribution in [1.29, 1.82) is 0 Å². The van der Waals surface area contributed by atoms with E-state index in [-0.39, 0.29) is 0 Å². The number of nitrogens with one attached hydrogen (secondary N) is 2. The van der Waals surface area contributed by atoms with Gasteiger partial charge in [-0.15, -0.1) is 0 Å². The summed E-state index contributed by atoms with van der Waals surface area (Å²) >= 11 is 0. The van der Waals surface area contributed by atoms with Gasteiger partial charge in [0.1, 0.15) is 11.4 Å². The Labute approximate surface area is 128 Å². The number of aromatic amines is 1. The summed E-state index contributed by atoms with van der Waals surface area (Å²) in [4.78, 5) is 11.8. The Kier molecular flexibility index (Phi) is 4.25. The molecule has 1 aromatic heterocycles. The predicted octanol–water partition coefficient (Wildman–Crippen LogP) is 3.01. The number of amides is 1. The van der Waals surface area contributed by atoms with Gasteiger partial charge in [-0.2, -0.15) is 5.10 Å². The molecule has 0 radical (unpaired) electrons. The average Bonchev–Trinajstić information content (AvgIpc) is 2.82. The van der Waals surface area contributed by atoms with Crippen LogP contribution in [0.3, 0.4) is 0 Å². The molecule has 4 N–H and O–H groups in total. The molecule has 7 nitrogen and oxygen atoms in total. The first kappa shape index (κ1) is 15.7. The second-order valence-electron chi connectivity index (χ2n) is 5.74. The van der Waals surface area contributed by atoms with Gasteiger partial charge in [-0.05, 0) is 32.9 Å². The maximum atomic E-state index is 11.8. The molecule has 1 amide bonds. The fraction of sp³-hybridized carbons (Fsp3) is 0.333. The summed E-state index contributed by atoms with van der Waals surface area (Å²) in [6.45, 7) is 5.41. The maximum absolute atomic E-state index is 11.8. The van der Waals surface area contributed by atoms with Crippen molar-refractivity contribution in [2.75, 3.05) is 18.2 Å². The molecule has 0 spiro atoms. The zero-order valence-electron chi connectivity index (χ0n) is 13.1. The largest absolute Gasteiger partial charge is 0.496 e. The SMILES string of the molecule is COc1cc(NC(=O)OC(C)(C)C)ccc1-c1[nH]ncc1N. The predicted molar refractivity (Wildman–Crippen MR) is 84.8 cm³/mol. The van der Waals surface area contributed by atoms with Crippen LogP contribution in [0.25, 0.3) is 11.3 Å². The summed E-state index contributed by atoms with van der Waals surface area (Å²) in [6.07, 6.45) is 1.00. The number of rotatable bonds is 3. The van der Waals surface area contributed by atoms with Gasteiger partial charge < -0.3 is 15.2 Å². The fourth-order valence-electron chi connectivity index (χ4n) is 1.91. The van der Waals surface area contributed by atoms with Crippen LogP contribution in [-0.2, 0) is 4.74 Å². The van der Waals surface area contributed by atoms with Crippen molar-refractivity contribution in [3.8, 4) is 17.0 Å². The lowest BCUT2D eigenvalue weighted by atomic mass is 10.1. The molecule has 0 aliphatic carbocycles. The Balaban J connectivity index is 2.23. The van der Waals surface area contributed by atoms with Crippen LogP contribution in [0.4, 0.5) is 16.2 Å². The minimum Gasteiger partial charge on any atom is -0.496 e. The normalized spacial score (nSPS) is 11.1. The summed E-state index contributed by atoms with van der Waals surface area (Å²) < 4.78 is 10.6. The molecule has 0 aliphatic rings. The molecule has 0 saturated carbocycles. The molecule has 0 bridgehead atoms. The number of carbonyl (C=O) groups excluding carboxylic acids is 1. The third kappa shape index (κ3) is 3.69. The van der Waals surface area contributed by atoms with Crippen molar-refractivity contribution in [2.24, 2.45) is 0 Å². The van der Waals surface area contributed by atoms with Crippen molar-refractivity contribution in [1.82, 2.24) is 10.2 Å². The van der Waals surface area contributed by atoms with E-state index < -0.39 is 11.7 Å². The fourth-order valence-corrected chi connectivity index (χ4v) is 1.91. The van der Waals surface area contributed by atoms with Crippen molar-refractivity contribution >= 4 is 17.5 Å². The van der Waals surface area contributed by atoms with Crippen LogP contribution in [-0.4, -0.2) is 29.0 Å². The van der Waals surface area contributed by atoms with Gasteiger partial charge in [0.15, 0.2) is 0 Å². The van der Waals surface area contributed by atoms with Crippen molar-refractivity contribution in [3.63, 3.8) is 0 Å². The van der Waals surface area contributed by atoms with Gasteiger partial charge in [-0.25, -0.2) is 4.79 Å². The molecule has 2 aromatic rings. The summed E-state index contributed by atoms with van der Waals surface area (Å²) in [7, 11) is 1.54. The first-order valence-electron chi connectivity index (χ1n) is 6.77. The molecule has 0 saturated heterocycles. The Morgan fingerprint density at radius 3 is 2.64 bits per heavy atom. The van der Waals surface area contributed by atoms with E-state index in [2.05, 4.69) is 15.5 Å². The van der Waals surface area contributed by atoms with Crippen LogP contribution < -0.4 is 15.8 Å². The van der Waals surface area contributed by atoms with Crippen LogP contribution in [0.1, 0.15) is 20.8 Å². The third-order valence-electron chi connectivity index (χ3n) is 2.78. The van der Waals surface area contributed by atoms with Gasteiger partial charge in [0, 0.05) is 17.3 Å². The Hall–Kier alpha value is -2.70. The van der Waals surface area contributed by atoms with Crippen LogP contribution in [0, 0.1) is 0 Å². The minimum atomic E-state index is -0.557. The third-order valence-corrected chi connectivity index (χ3v) is 2.78. The molecule has 0 aliphatic heterocycles. The van der Waals surface area contributed by atoms with Crippen LogP contribution >= 0.6 is 0 Å². The lowest BCUT2D eigenvalue weighted by molar-refractivity contribution is 0.0636. The van der Waals surface area contributed by atoms with Crippen LogP contribution in [0.2, 0.25) is 0 Å². The number of aromatic nitrogens is 2. The lowest BCUT2D eigenvalue weighted by Gasteiger charge is -2.20. The smallest absolute Gasteiger partial charge is 0.412 e. The quantitative estimate of drug-likeness (QED) is 0.809. The number of carbonyl (C=O) groups is 1. The number of nitrogen functional groups attached to an aromatic ring is 1. The van der Waals surface area contributed by atoms with E-state index in [1.54, 1.807) is 46.1 Å². The van der Waals surface area contributed by atoms with E-state index in [4.69, 9.17) is 15.2 Å². The molecular weight excluding hydrogens is 284 g/mol. The zero-order valence-corrected chi connectivity index (χ0v) is 13.1. The minimum absolute atomic E-state index is 0.520. The number of nitrogens with zero attached hydrogens (tertiary/aromatic N) is 1. The van der Waals surface area contributed by atoms with Gasteiger partial charge in [-0.3, -0.25) is 10.4 Å². The molecule has 1 heterocycles. The Morgan fingerprint density at radius 1 is 1.36 bits per heavy atom. The molecule has 1 aromatic carbocycles. The van der Waals surface area contributed by atoms with E-state index in [0.717, 1.165) is 5.56 Å². The van der Waals surface area contributed by atoms with E-state index in [9.17, 15) is 4.79 Å². The average molecular weight is 304 g/mol. The molecular formula is C15H20N4O3. The Morgan fingerprint density at radius 2 is 2.09 bits per heavy atom. The second-order valence-corrected chi connectivity index (χ2v) is 5.74. The highest BCUT2D eigenvalue weighted by Crippen LogP contribution is 2.34. The molecule has 0 atom stereocenters. The summed E-state index contributed by atoms with van der Waals surface area (Å²) in [5.74, 6) is 0.560. The van der Waals surface area contributed by atoms with Crippen molar-refractivity contribution < 1.29 is 14.3 Å². The second kappa shape index (κ2) is 5.97. The van der Waals surface area contributed by atoms with E-state index in [0.29, 0.717) is 22.8 Å². The van der Waals surface area contributed by atoms with E-state index in [1.807, 2.05) is 0 Å². The van der Waals surface area contributed by atoms with Gasteiger partial charge in [0.2, 0.25) is 0 Å². The molecule has 0 unspecified atom stereocenters. The highest BCUT2D eigenvalue weighted by Gasteiger charge is 2.17. The molecule has 2 rings (SSSR count). The molecule has 7 heteroatoms. The monoisotopic (exact) mass is 304 g/mol. The van der Waals surface area contributed by atoms with Gasteiger partial charge in [0.25, 0.3) is 0 Å². The summed E-state index contributed by atoms with van der Waals surface area (Å²) in [5.41, 5.74) is 7.79. The lowest BCUT2D eigenvalue weighted by Crippen LogP contribution is -2.27. The molecule has 0 fully saturated rings. The number of anilines is 2. The standard InChI is InChI=1S/C15H20N4O3/c1-15(2,3)22-14(20)18-9-5-6-10(12(7-9)21-4)13-11(16)8-17-19-13/h5-8H,16H2,1-4H3,(H,17,19)(H,18,20). The van der Waals surface area contributed by atoms with E-state index >= 15 is 0 Å². The number of H-pyrrole nitrogens is 1. The highest BCUT2D eigenvalue weighted by atomic mass is 16.6. The molecule has 118 valence electrons. The first-order valence-corrected chi connectivity index (χ1v) is 6.77. The van der Waals surface area contributed by atoms with Gasteiger partial charge in [-0.1, -0.05) is 0 Å². The highest BCUT2D eigenvalue weighted by molar-refractivity contribution is 5.87. The number of hydrogen-bond donors (Lipinski definition) is 3. The van der Waals surface area contributed by atoms with Crippen LogP contribution in [0.15, 0.2) is 24.4 Å². The topological polar surface area (TPSA) is 102 Å². The van der Waals surface area contributed by atoms with Gasteiger partial charge >= 0.3 is 6.09 Å². The summed E-state index contributed by atoms with van der Waals surface area (Å²) in [6, 6.07) is 5.22. The van der Waals surface area contributed by atoms with Crippen molar-refractivity contribution in [3.05, 3.63) is 24.4 Å². The number of nitrogens with two attached hydrogens (primary N) is 1. The number of benzene rings is 1.